The van der Waals surface area contributed by atoms with E-state index in [9.17, 15) is 4.79 Å². The van der Waals surface area contributed by atoms with E-state index < -0.39 is 5.97 Å². The Morgan fingerprint density at radius 1 is 1.30 bits per heavy atom. The van der Waals surface area contributed by atoms with Crippen LogP contribution in [0, 0.1) is 0 Å². The molecule has 0 unspecified atom stereocenters. The topological polar surface area (TPSA) is 40.5 Å². The molecule has 0 spiro atoms. The first-order valence-corrected chi connectivity index (χ1v) is 3.05. The fraction of sp³-hybridized carbons (Fsp3) is 0.571. The Morgan fingerprint density at radius 2 is 1.70 bits per heavy atom. The standard InChI is InChI=1S/C7H13NO2/c1-5(7(9)10)6(2)8(3)4/h1-4H3,(H,9,10)/b6-5+. The zero-order valence-electron chi connectivity index (χ0n) is 6.80. The molecule has 0 fully saturated rings. The largest absolute Gasteiger partial charge is 0.478 e. The van der Waals surface area contributed by atoms with Gasteiger partial charge in [-0.05, 0) is 13.8 Å². The van der Waals surface area contributed by atoms with Gasteiger partial charge in [-0.15, -0.1) is 0 Å². The van der Waals surface area contributed by atoms with Crippen molar-refractivity contribution in [1.29, 1.82) is 0 Å². The van der Waals surface area contributed by atoms with Crippen LogP contribution in [-0.2, 0) is 4.79 Å². The molecule has 0 radical (unpaired) electrons. The lowest BCUT2D eigenvalue weighted by Crippen LogP contribution is -2.13. The highest BCUT2D eigenvalue weighted by Crippen LogP contribution is 2.04. The smallest absolute Gasteiger partial charge is 0.333 e. The minimum absolute atomic E-state index is 0.394. The van der Waals surface area contributed by atoms with Crippen LogP contribution in [0.4, 0.5) is 0 Å². The molecule has 0 aliphatic carbocycles. The highest BCUT2D eigenvalue weighted by molar-refractivity contribution is 5.86. The molecular weight excluding hydrogens is 130 g/mol. The number of carbonyl (C=O) groups is 1. The van der Waals surface area contributed by atoms with Crippen molar-refractivity contribution in [2.75, 3.05) is 14.1 Å². The van der Waals surface area contributed by atoms with Crippen LogP contribution in [0.3, 0.4) is 0 Å². The van der Waals surface area contributed by atoms with Gasteiger partial charge in [0.25, 0.3) is 0 Å². The van der Waals surface area contributed by atoms with E-state index in [0.29, 0.717) is 5.57 Å². The van der Waals surface area contributed by atoms with Gasteiger partial charge in [0.1, 0.15) is 0 Å². The van der Waals surface area contributed by atoms with Gasteiger partial charge in [0.15, 0.2) is 0 Å². The van der Waals surface area contributed by atoms with E-state index in [1.807, 2.05) is 14.1 Å². The number of hydrogen-bond donors (Lipinski definition) is 1. The molecule has 0 aromatic rings. The minimum atomic E-state index is -0.855. The average molecular weight is 143 g/mol. The fourth-order valence-electron chi connectivity index (χ4n) is 0.490. The summed E-state index contributed by atoms with van der Waals surface area (Å²) >= 11 is 0. The average Bonchev–Trinajstić information content (AvgIpc) is 1.84. The molecule has 0 amide bonds. The Labute approximate surface area is 61.0 Å². The molecule has 0 aromatic carbocycles. The lowest BCUT2D eigenvalue weighted by molar-refractivity contribution is -0.132. The second kappa shape index (κ2) is 3.25. The number of hydrogen-bond acceptors (Lipinski definition) is 2. The molecule has 3 nitrogen and oxygen atoms in total. The number of aliphatic carboxylic acids is 1. The molecule has 3 heteroatoms. The van der Waals surface area contributed by atoms with E-state index in [0.717, 1.165) is 5.70 Å². The first-order valence-electron chi connectivity index (χ1n) is 3.05. The molecule has 10 heavy (non-hydrogen) atoms. The SMILES string of the molecule is C/C(C(=O)O)=C(/C)N(C)C. The highest BCUT2D eigenvalue weighted by Gasteiger charge is 2.05. The van der Waals surface area contributed by atoms with E-state index in [1.165, 1.54) is 0 Å². The molecule has 0 saturated carbocycles. The van der Waals surface area contributed by atoms with E-state index in [-0.39, 0.29) is 0 Å². The predicted octanol–water partition coefficient (Wildman–Crippen LogP) is 0.926. The summed E-state index contributed by atoms with van der Waals surface area (Å²) in [5.41, 5.74) is 1.18. The first-order chi connectivity index (χ1) is 4.46. The van der Waals surface area contributed by atoms with Crippen LogP contribution in [0.15, 0.2) is 11.3 Å². The zero-order valence-corrected chi connectivity index (χ0v) is 6.80. The number of nitrogens with zero attached hydrogens (tertiary/aromatic N) is 1. The van der Waals surface area contributed by atoms with Gasteiger partial charge in [-0.1, -0.05) is 0 Å². The van der Waals surface area contributed by atoms with Gasteiger partial charge in [0, 0.05) is 19.8 Å². The Morgan fingerprint density at radius 3 is 1.80 bits per heavy atom. The summed E-state index contributed by atoms with van der Waals surface area (Å²) in [5, 5.41) is 8.52. The molecule has 0 saturated heterocycles. The number of allylic oxidation sites excluding steroid dienone is 1. The van der Waals surface area contributed by atoms with Gasteiger partial charge in [-0.3, -0.25) is 0 Å². The maximum absolute atomic E-state index is 10.4. The monoisotopic (exact) mass is 143 g/mol. The van der Waals surface area contributed by atoms with Crippen LogP contribution < -0.4 is 0 Å². The maximum atomic E-state index is 10.4. The molecule has 0 aromatic heterocycles. The van der Waals surface area contributed by atoms with Crippen LogP contribution in [0.25, 0.3) is 0 Å². The Bertz CT molecular complexity index is 170. The van der Waals surface area contributed by atoms with Crippen LogP contribution >= 0.6 is 0 Å². The summed E-state index contributed by atoms with van der Waals surface area (Å²) in [6, 6.07) is 0. The zero-order chi connectivity index (χ0) is 8.31. The van der Waals surface area contributed by atoms with Crippen molar-refractivity contribution in [1.82, 2.24) is 4.90 Å². The molecule has 0 aliphatic rings. The number of carboxylic acid groups (broad SMARTS) is 1. The summed E-state index contributed by atoms with van der Waals surface area (Å²) in [6.45, 7) is 3.38. The fourth-order valence-corrected chi connectivity index (χ4v) is 0.490. The second-order valence-electron chi connectivity index (χ2n) is 2.41. The molecule has 0 rings (SSSR count). The van der Waals surface area contributed by atoms with E-state index in [4.69, 9.17) is 5.11 Å². The van der Waals surface area contributed by atoms with Crippen LogP contribution in [-0.4, -0.2) is 30.1 Å². The van der Waals surface area contributed by atoms with Gasteiger partial charge >= 0.3 is 5.97 Å². The van der Waals surface area contributed by atoms with Gasteiger partial charge in [0.2, 0.25) is 0 Å². The van der Waals surface area contributed by atoms with Gasteiger partial charge < -0.3 is 10.0 Å². The van der Waals surface area contributed by atoms with Crippen molar-refractivity contribution in [3.8, 4) is 0 Å². The quantitative estimate of drug-likeness (QED) is 0.584. The first kappa shape index (κ1) is 9.01. The van der Waals surface area contributed by atoms with Crippen LogP contribution in [0.1, 0.15) is 13.8 Å². The van der Waals surface area contributed by atoms with Crippen molar-refractivity contribution in [2.45, 2.75) is 13.8 Å². The van der Waals surface area contributed by atoms with Crippen molar-refractivity contribution >= 4 is 5.97 Å². The Kier molecular flexibility index (Phi) is 2.93. The van der Waals surface area contributed by atoms with Crippen molar-refractivity contribution in [2.24, 2.45) is 0 Å². The third-order valence-corrected chi connectivity index (χ3v) is 1.53. The number of rotatable bonds is 2. The van der Waals surface area contributed by atoms with Crippen LogP contribution in [0.5, 0.6) is 0 Å². The number of carboxylic acids is 1. The van der Waals surface area contributed by atoms with Gasteiger partial charge in [-0.25, -0.2) is 4.79 Å². The van der Waals surface area contributed by atoms with E-state index in [1.54, 1.807) is 18.7 Å². The summed E-state index contributed by atoms with van der Waals surface area (Å²) in [5.74, 6) is -0.855. The summed E-state index contributed by atoms with van der Waals surface area (Å²) in [6.07, 6.45) is 0. The Balaban J connectivity index is 4.50. The lowest BCUT2D eigenvalue weighted by atomic mass is 10.2. The Hall–Kier alpha value is -0.990. The summed E-state index contributed by atoms with van der Waals surface area (Å²) in [7, 11) is 3.64. The van der Waals surface area contributed by atoms with Gasteiger partial charge in [-0.2, -0.15) is 0 Å². The maximum Gasteiger partial charge on any atom is 0.333 e. The third kappa shape index (κ3) is 2.09. The lowest BCUT2D eigenvalue weighted by Gasteiger charge is -2.13. The molecular formula is C7H13NO2. The molecule has 0 aliphatic heterocycles. The molecule has 0 heterocycles. The van der Waals surface area contributed by atoms with E-state index >= 15 is 0 Å². The highest BCUT2D eigenvalue weighted by atomic mass is 16.4. The van der Waals surface area contributed by atoms with Crippen molar-refractivity contribution in [3.05, 3.63) is 11.3 Å². The van der Waals surface area contributed by atoms with Crippen molar-refractivity contribution < 1.29 is 9.90 Å². The minimum Gasteiger partial charge on any atom is -0.478 e. The molecule has 1 N–H and O–H groups in total. The molecule has 0 bridgehead atoms. The summed E-state index contributed by atoms with van der Waals surface area (Å²) < 4.78 is 0. The molecule has 0 atom stereocenters. The predicted molar refractivity (Wildman–Crippen MR) is 39.7 cm³/mol. The summed E-state index contributed by atoms with van der Waals surface area (Å²) in [4.78, 5) is 12.1. The second-order valence-corrected chi connectivity index (χ2v) is 2.41. The molecule has 58 valence electrons. The van der Waals surface area contributed by atoms with Crippen molar-refractivity contribution in [3.63, 3.8) is 0 Å². The van der Waals surface area contributed by atoms with Gasteiger partial charge in [0.05, 0.1) is 5.57 Å². The third-order valence-electron chi connectivity index (χ3n) is 1.53. The van der Waals surface area contributed by atoms with Crippen LogP contribution in [0.2, 0.25) is 0 Å². The van der Waals surface area contributed by atoms with E-state index in [2.05, 4.69) is 0 Å². The normalized spacial score (nSPS) is 12.4.